The summed E-state index contributed by atoms with van der Waals surface area (Å²) >= 11 is 0. The lowest BCUT2D eigenvalue weighted by Crippen LogP contribution is -2.31. The Morgan fingerprint density at radius 2 is 1.89 bits per heavy atom. The van der Waals surface area contributed by atoms with Crippen LogP contribution >= 0.6 is 0 Å². The van der Waals surface area contributed by atoms with Gasteiger partial charge in [-0.1, -0.05) is 0 Å². The van der Waals surface area contributed by atoms with Crippen molar-refractivity contribution in [2.75, 3.05) is 27.9 Å². The minimum Gasteiger partial charge on any atom is -0.497 e. The Morgan fingerprint density at radius 3 is 2.42 bits per heavy atom. The first-order valence-corrected chi connectivity index (χ1v) is 7.17. The molecule has 1 unspecified atom stereocenters. The van der Waals surface area contributed by atoms with E-state index in [1.54, 1.807) is 13.0 Å². The smallest absolute Gasteiger partial charge is 0.244 e. The van der Waals surface area contributed by atoms with Crippen LogP contribution in [0.15, 0.2) is 23.1 Å². The van der Waals surface area contributed by atoms with Crippen molar-refractivity contribution in [1.82, 2.24) is 4.72 Å². The maximum Gasteiger partial charge on any atom is 0.244 e. The highest BCUT2D eigenvalue weighted by molar-refractivity contribution is 7.89. The summed E-state index contributed by atoms with van der Waals surface area (Å²) in [6.45, 7) is 1.96. The van der Waals surface area contributed by atoms with E-state index in [2.05, 4.69) is 4.72 Å². The molecule has 6 nitrogen and oxygen atoms in total. The summed E-state index contributed by atoms with van der Waals surface area (Å²) in [6, 6.07) is 4.53. The molecule has 1 aromatic carbocycles. The molecule has 1 aromatic rings. The van der Waals surface area contributed by atoms with E-state index in [1.165, 1.54) is 33.5 Å². The van der Waals surface area contributed by atoms with Gasteiger partial charge in [0.05, 0.1) is 20.3 Å². The Morgan fingerprint density at radius 1 is 1.21 bits per heavy atom. The molecule has 0 bridgehead atoms. The summed E-state index contributed by atoms with van der Waals surface area (Å²) in [5, 5.41) is 0. The van der Waals surface area contributed by atoms with Gasteiger partial charge in [0, 0.05) is 19.7 Å². The quantitative estimate of drug-likeness (QED) is 0.811. The highest BCUT2D eigenvalue weighted by Gasteiger charge is 2.20. The third-order valence-electron chi connectivity index (χ3n) is 2.62. The van der Waals surface area contributed by atoms with Gasteiger partial charge in [0.15, 0.2) is 0 Å². The topological polar surface area (TPSA) is 73.9 Å². The van der Waals surface area contributed by atoms with E-state index in [1.807, 2.05) is 0 Å². The Balaban J connectivity index is 3.00. The second-order valence-electron chi connectivity index (χ2n) is 3.92. The molecule has 0 saturated heterocycles. The zero-order valence-electron chi connectivity index (χ0n) is 11.5. The van der Waals surface area contributed by atoms with Crippen molar-refractivity contribution in [1.29, 1.82) is 0 Å². The number of methoxy groups -OCH3 is 3. The molecule has 7 heteroatoms. The lowest BCUT2D eigenvalue weighted by molar-refractivity contribution is 0.122. The van der Waals surface area contributed by atoms with Gasteiger partial charge in [0.2, 0.25) is 10.0 Å². The molecule has 0 saturated carbocycles. The molecular formula is C12H19NO5S. The zero-order valence-corrected chi connectivity index (χ0v) is 12.3. The summed E-state index contributed by atoms with van der Waals surface area (Å²) in [5.41, 5.74) is 0. The first-order chi connectivity index (χ1) is 8.94. The Kier molecular flexibility index (Phi) is 5.59. The third kappa shape index (κ3) is 4.09. The van der Waals surface area contributed by atoms with Crippen molar-refractivity contribution in [3.63, 3.8) is 0 Å². The zero-order chi connectivity index (χ0) is 14.5. The van der Waals surface area contributed by atoms with Crippen LogP contribution in [0.25, 0.3) is 0 Å². The molecule has 0 fully saturated rings. The van der Waals surface area contributed by atoms with Crippen molar-refractivity contribution >= 4 is 10.0 Å². The molecule has 0 aliphatic rings. The van der Waals surface area contributed by atoms with Crippen LogP contribution in [0, 0.1) is 0 Å². The van der Waals surface area contributed by atoms with Gasteiger partial charge in [0.25, 0.3) is 0 Å². The number of ether oxygens (including phenoxy) is 3. The van der Waals surface area contributed by atoms with E-state index >= 15 is 0 Å². The van der Waals surface area contributed by atoms with E-state index in [0.717, 1.165) is 0 Å². The van der Waals surface area contributed by atoms with Gasteiger partial charge in [-0.05, 0) is 19.1 Å². The van der Waals surface area contributed by atoms with Gasteiger partial charge in [-0.15, -0.1) is 0 Å². The SMILES string of the molecule is COc1ccc(S(=O)(=O)NCC(C)OC)c(OC)c1. The van der Waals surface area contributed by atoms with E-state index in [-0.39, 0.29) is 23.3 Å². The van der Waals surface area contributed by atoms with Gasteiger partial charge < -0.3 is 14.2 Å². The summed E-state index contributed by atoms with van der Waals surface area (Å²) in [7, 11) is 0.787. The van der Waals surface area contributed by atoms with E-state index < -0.39 is 10.0 Å². The number of hydrogen-bond acceptors (Lipinski definition) is 5. The van der Waals surface area contributed by atoms with Gasteiger partial charge >= 0.3 is 0 Å². The summed E-state index contributed by atoms with van der Waals surface area (Å²) in [6.07, 6.45) is -0.209. The molecule has 0 aliphatic carbocycles. The van der Waals surface area contributed by atoms with Crippen LogP contribution in [0.2, 0.25) is 0 Å². The molecule has 0 aromatic heterocycles. The molecule has 108 valence electrons. The van der Waals surface area contributed by atoms with Gasteiger partial charge in [-0.2, -0.15) is 0 Å². The summed E-state index contributed by atoms with van der Waals surface area (Å²) in [5.74, 6) is 0.762. The number of nitrogens with one attached hydrogen (secondary N) is 1. The maximum atomic E-state index is 12.1. The van der Waals surface area contributed by atoms with Gasteiger partial charge in [0.1, 0.15) is 16.4 Å². The number of benzene rings is 1. The Hall–Kier alpha value is -1.31. The molecule has 0 amide bonds. The van der Waals surface area contributed by atoms with Crippen molar-refractivity contribution in [3.05, 3.63) is 18.2 Å². The Bertz CT molecular complexity index is 515. The lowest BCUT2D eigenvalue weighted by Gasteiger charge is -2.14. The second kappa shape index (κ2) is 6.74. The molecule has 0 spiro atoms. The standard InChI is InChI=1S/C12H19NO5S/c1-9(16-2)8-13-19(14,15)12-6-5-10(17-3)7-11(12)18-4/h5-7,9,13H,8H2,1-4H3. The van der Waals surface area contributed by atoms with Crippen LogP contribution in [0.1, 0.15) is 6.92 Å². The number of hydrogen-bond donors (Lipinski definition) is 1. The number of rotatable bonds is 7. The predicted molar refractivity (Wildman–Crippen MR) is 71.2 cm³/mol. The fourth-order valence-corrected chi connectivity index (χ4v) is 2.65. The van der Waals surface area contributed by atoms with Crippen molar-refractivity contribution in [2.24, 2.45) is 0 Å². The maximum absolute atomic E-state index is 12.1. The molecular weight excluding hydrogens is 270 g/mol. The average Bonchev–Trinajstić information content (AvgIpc) is 2.43. The second-order valence-corrected chi connectivity index (χ2v) is 5.65. The molecule has 1 N–H and O–H groups in total. The fourth-order valence-electron chi connectivity index (χ4n) is 1.39. The third-order valence-corrected chi connectivity index (χ3v) is 4.09. The molecule has 0 radical (unpaired) electrons. The highest BCUT2D eigenvalue weighted by atomic mass is 32.2. The van der Waals surface area contributed by atoms with Crippen molar-refractivity contribution in [3.8, 4) is 11.5 Å². The normalized spacial score (nSPS) is 13.1. The van der Waals surface area contributed by atoms with Crippen LogP contribution in [0.3, 0.4) is 0 Å². The fraction of sp³-hybridized carbons (Fsp3) is 0.500. The lowest BCUT2D eigenvalue weighted by atomic mass is 10.3. The van der Waals surface area contributed by atoms with E-state index in [0.29, 0.717) is 5.75 Å². The van der Waals surface area contributed by atoms with E-state index in [4.69, 9.17) is 14.2 Å². The van der Waals surface area contributed by atoms with Crippen LogP contribution in [0.4, 0.5) is 0 Å². The molecule has 0 heterocycles. The van der Waals surface area contributed by atoms with Crippen LogP contribution in [-0.4, -0.2) is 42.4 Å². The largest absolute Gasteiger partial charge is 0.497 e. The minimum absolute atomic E-state index is 0.0686. The molecule has 19 heavy (non-hydrogen) atoms. The predicted octanol–water partition coefficient (Wildman–Crippen LogP) is 1.02. The van der Waals surface area contributed by atoms with Gasteiger partial charge in [-0.25, -0.2) is 13.1 Å². The van der Waals surface area contributed by atoms with Crippen LogP contribution < -0.4 is 14.2 Å². The molecule has 0 aliphatic heterocycles. The molecule has 1 atom stereocenters. The highest BCUT2D eigenvalue weighted by Crippen LogP contribution is 2.28. The average molecular weight is 289 g/mol. The van der Waals surface area contributed by atoms with E-state index in [9.17, 15) is 8.42 Å². The molecule has 1 rings (SSSR count). The number of sulfonamides is 1. The first kappa shape index (κ1) is 15.7. The summed E-state index contributed by atoms with van der Waals surface area (Å²) < 4.78 is 41.9. The summed E-state index contributed by atoms with van der Waals surface area (Å²) in [4.78, 5) is 0.0686. The Labute approximate surface area is 113 Å². The monoisotopic (exact) mass is 289 g/mol. The first-order valence-electron chi connectivity index (χ1n) is 5.69. The van der Waals surface area contributed by atoms with Crippen LogP contribution in [0.5, 0.6) is 11.5 Å². The van der Waals surface area contributed by atoms with Gasteiger partial charge in [-0.3, -0.25) is 0 Å². The van der Waals surface area contributed by atoms with Crippen molar-refractivity contribution < 1.29 is 22.6 Å². The minimum atomic E-state index is -3.64. The van der Waals surface area contributed by atoms with Crippen LogP contribution in [-0.2, 0) is 14.8 Å². The van der Waals surface area contributed by atoms with Crippen molar-refractivity contribution in [2.45, 2.75) is 17.9 Å².